The molecule has 0 spiro atoms. The maximum absolute atomic E-state index is 11.3. The van der Waals surface area contributed by atoms with E-state index >= 15 is 0 Å². The van der Waals surface area contributed by atoms with E-state index in [2.05, 4.69) is 4.72 Å². The van der Waals surface area contributed by atoms with Crippen LogP contribution in [-0.2, 0) is 10.0 Å². The minimum absolute atomic E-state index is 0.259. The van der Waals surface area contributed by atoms with Gasteiger partial charge in [0.05, 0.1) is 18.2 Å². The van der Waals surface area contributed by atoms with E-state index in [1.54, 1.807) is 19.9 Å². The number of hydrogen-bond donors (Lipinski definition) is 2. The second-order valence-electron chi connectivity index (χ2n) is 3.16. The number of aliphatic hydroxyl groups is 1. The van der Waals surface area contributed by atoms with Gasteiger partial charge < -0.3 is 5.11 Å². The first-order chi connectivity index (χ1) is 6.45. The topological polar surface area (TPSA) is 90.2 Å². The third-order valence-electron chi connectivity index (χ3n) is 2.28. The molecule has 5 nitrogen and oxygen atoms in total. The molecule has 0 saturated carbocycles. The van der Waals surface area contributed by atoms with Crippen LogP contribution >= 0.6 is 0 Å². The summed E-state index contributed by atoms with van der Waals surface area (Å²) in [4.78, 5) is 0. The molecule has 2 N–H and O–H groups in total. The summed E-state index contributed by atoms with van der Waals surface area (Å²) in [6.45, 7) is 3.31. The highest BCUT2D eigenvalue weighted by molar-refractivity contribution is 7.89. The smallest absolute Gasteiger partial charge is 0.225 e. The van der Waals surface area contributed by atoms with Gasteiger partial charge >= 0.3 is 0 Å². The fourth-order valence-electron chi connectivity index (χ4n) is 1.10. The Balaban J connectivity index is 4.70. The van der Waals surface area contributed by atoms with E-state index in [4.69, 9.17) is 10.4 Å². The number of nitrogens with zero attached hydrogens (tertiary/aromatic N) is 1. The summed E-state index contributed by atoms with van der Waals surface area (Å²) in [5.41, 5.74) is -0.824. The molecule has 0 bridgehead atoms. The predicted octanol–water partition coefficient (Wildman–Crippen LogP) is -0.0195. The molecular weight excluding hydrogens is 204 g/mol. The van der Waals surface area contributed by atoms with Crippen molar-refractivity contribution in [1.29, 1.82) is 5.26 Å². The van der Waals surface area contributed by atoms with E-state index in [0.717, 1.165) is 0 Å². The highest BCUT2D eigenvalue weighted by atomic mass is 32.2. The number of sulfonamides is 1. The predicted molar refractivity (Wildman–Crippen MR) is 52.9 cm³/mol. The van der Waals surface area contributed by atoms with E-state index in [1.165, 1.54) is 0 Å². The Morgan fingerprint density at radius 2 is 1.93 bits per heavy atom. The molecule has 0 aromatic rings. The van der Waals surface area contributed by atoms with Gasteiger partial charge in [-0.3, -0.25) is 0 Å². The third kappa shape index (κ3) is 3.62. The fraction of sp³-hybridized carbons (Fsp3) is 0.875. The zero-order chi connectivity index (χ0) is 11.2. The molecule has 0 fully saturated rings. The number of rotatable bonds is 6. The molecule has 0 radical (unpaired) electrons. The quantitative estimate of drug-likeness (QED) is 0.658. The molecule has 0 aromatic carbocycles. The summed E-state index contributed by atoms with van der Waals surface area (Å²) in [5, 5.41) is 17.4. The largest absolute Gasteiger partial charge is 0.394 e. The molecule has 0 atom stereocenters. The Bertz CT molecular complexity index is 293. The van der Waals surface area contributed by atoms with E-state index in [-0.39, 0.29) is 6.61 Å². The highest BCUT2D eigenvalue weighted by Gasteiger charge is 2.30. The van der Waals surface area contributed by atoms with Crippen LogP contribution in [0.1, 0.15) is 26.7 Å². The molecule has 6 heteroatoms. The van der Waals surface area contributed by atoms with Crippen LogP contribution in [0, 0.1) is 11.3 Å². The molecule has 14 heavy (non-hydrogen) atoms. The highest BCUT2D eigenvalue weighted by Crippen LogP contribution is 2.15. The van der Waals surface area contributed by atoms with Crippen LogP contribution in [0.25, 0.3) is 0 Å². The van der Waals surface area contributed by atoms with Crippen LogP contribution in [0.5, 0.6) is 0 Å². The number of hydrogen-bond acceptors (Lipinski definition) is 4. The second-order valence-corrected chi connectivity index (χ2v) is 4.89. The van der Waals surface area contributed by atoms with Crippen molar-refractivity contribution < 1.29 is 13.5 Å². The first-order valence-corrected chi connectivity index (χ1v) is 6.10. The van der Waals surface area contributed by atoms with Crippen molar-refractivity contribution in [2.24, 2.45) is 0 Å². The molecule has 0 aliphatic carbocycles. The molecular formula is C8H16N2O3S. The monoisotopic (exact) mass is 220 g/mol. The SMILES string of the molecule is CCC(CC)(CO)NS(=O)(=O)CC#N. The normalized spacial score (nSPS) is 12.4. The minimum Gasteiger partial charge on any atom is -0.394 e. The van der Waals surface area contributed by atoms with Crippen LogP contribution in [0.15, 0.2) is 0 Å². The molecule has 0 amide bonds. The maximum Gasteiger partial charge on any atom is 0.225 e. The average molecular weight is 220 g/mol. The number of nitrogens with one attached hydrogen (secondary N) is 1. The van der Waals surface area contributed by atoms with Crippen molar-refractivity contribution in [3.05, 3.63) is 0 Å². The zero-order valence-corrected chi connectivity index (χ0v) is 9.26. The molecule has 0 aliphatic rings. The zero-order valence-electron chi connectivity index (χ0n) is 8.45. The molecule has 82 valence electrons. The van der Waals surface area contributed by atoms with E-state index in [9.17, 15) is 8.42 Å². The summed E-state index contributed by atoms with van der Waals surface area (Å²) in [7, 11) is -3.60. The van der Waals surface area contributed by atoms with Crippen molar-refractivity contribution in [3.8, 4) is 6.07 Å². The Labute approximate surface area is 84.8 Å². The van der Waals surface area contributed by atoms with Gasteiger partial charge in [0, 0.05) is 0 Å². The van der Waals surface area contributed by atoms with Crippen LogP contribution < -0.4 is 4.72 Å². The summed E-state index contributed by atoms with van der Waals surface area (Å²) >= 11 is 0. The summed E-state index contributed by atoms with van der Waals surface area (Å²) in [6.07, 6.45) is 0.981. The molecule has 0 aliphatic heterocycles. The van der Waals surface area contributed by atoms with E-state index in [0.29, 0.717) is 12.8 Å². The van der Waals surface area contributed by atoms with Crippen LogP contribution in [-0.4, -0.2) is 31.4 Å². The van der Waals surface area contributed by atoms with Gasteiger partial charge in [-0.15, -0.1) is 0 Å². The Hall–Kier alpha value is -0.640. The summed E-state index contributed by atoms with van der Waals surface area (Å²) < 4.78 is 24.9. The first kappa shape index (κ1) is 13.4. The fourth-order valence-corrected chi connectivity index (χ4v) is 2.36. The lowest BCUT2D eigenvalue weighted by atomic mass is 9.96. The third-order valence-corrected chi connectivity index (χ3v) is 3.54. The van der Waals surface area contributed by atoms with E-state index in [1.807, 2.05) is 0 Å². The van der Waals surface area contributed by atoms with Crippen molar-refractivity contribution in [2.75, 3.05) is 12.4 Å². The van der Waals surface area contributed by atoms with Gasteiger partial charge in [-0.05, 0) is 12.8 Å². The van der Waals surface area contributed by atoms with Gasteiger partial charge in [0.2, 0.25) is 10.0 Å². The maximum atomic E-state index is 11.3. The van der Waals surface area contributed by atoms with Gasteiger partial charge in [-0.2, -0.15) is 5.26 Å². The van der Waals surface area contributed by atoms with Gasteiger partial charge in [0.15, 0.2) is 5.75 Å². The van der Waals surface area contributed by atoms with Crippen LogP contribution in [0.4, 0.5) is 0 Å². The standard InChI is InChI=1S/C8H16N2O3S/c1-3-8(4-2,7-11)10-14(12,13)6-5-9/h10-11H,3-4,6-7H2,1-2H3. The number of nitriles is 1. The van der Waals surface area contributed by atoms with Gasteiger partial charge in [0.25, 0.3) is 0 Å². The summed E-state index contributed by atoms with van der Waals surface area (Å²) in [5.74, 6) is -0.575. The molecule has 0 saturated heterocycles. The van der Waals surface area contributed by atoms with Gasteiger partial charge in [-0.1, -0.05) is 13.8 Å². The van der Waals surface area contributed by atoms with Crippen LogP contribution in [0.2, 0.25) is 0 Å². The Morgan fingerprint density at radius 3 is 2.21 bits per heavy atom. The molecule has 0 rings (SSSR count). The van der Waals surface area contributed by atoms with Gasteiger partial charge in [-0.25, -0.2) is 13.1 Å². The van der Waals surface area contributed by atoms with Crippen molar-refractivity contribution >= 4 is 10.0 Å². The Morgan fingerprint density at radius 1 is 1.43 bits per heavy atom. The van der Waals surface area contributed by atoms with Crippen molar-refractivity contribution in [3.63, 3.8) is 0 Å². The molecule has 0 heterocycles. The van der Waals surface area contributed by atoms with Gasteiger partial charge in [0.1, 0.15) is 0 Å². The Kier molecular flexibility index (Phi) is 5.05. The second kappa shape index (κ2) is 5.29. The van der Waals surface area contributed by atoms with Crippen LogP contribution in [0.3, 0.4) is 0 Å². The lowest BCUT2D eigenvalue weighted by molar-refractivity contribution is 0.172. The summed E-state index contributed by atoms with van der Waals surface area (Å²) in [6, 6.07) is 1.57. The molecule has 0 aromatic heterocycles. The minimum atomic E-state index is -3.60. The lowest BCUT2D eigenvalue weighted by Gasteiger charge is -2.29. The lowest BCUT2D eigenvalue weighted by Crippen LogP contribution is -2.50. The average Bonchev–Trinajstić information content (AvgIpc) is 2.14. The van der Waals surface area contributed by atoms with Crippen molar-refractivity contribution in [2.45, 2.75) is 32.2 Å². The first-order valence-electron chi connectivity index (χ1n) is 4.44. The van der Waals surface area contributed by atoms with Crippen molar-refractivity contribution in [1.82, 2.24) is 4.72 Å². The van der Waals surface area contributed by atoms with E-state index < -0.39 is 21.3 Å². The number of aliphatic hydroxyl groups excluding tert-OH is 1. The molecule has 0 unspecified atom stereocenters.